The maximum absolute atomic E-state index is 13.8. The van der Waals surface area contributed by atoms with E-state index in [2.05, 4.69) is 11.6 Å². The van der Waals surface area contributed by atoms with Crippen LogP contribution in [0.1, 0.15) is 44.6 Å². The molecule has 21 heavy (non-hydrogen) atoms. The highest BCUT2D eigenvalue weighted by molar-refractivity contribution is 7.89. The van der Waals surface area contributed by atoms with E-state index in [1.165, 1.54) is 12.1 Å². The summed E-state index contributed by atoms with van der Waals surface area (Å²) < 4.78 is 40.9. The number of aliphatic hydroxyl groups excluding tert-OH is 1. The highest BCUT2D eigenvalue weighted by atomic mass is 32.2. The van der Waals surface area contributed by atoms with Gasteiger partial charge in [0.2, 0.25) is 10.0 Å². The van der Waals surface area contributed by atoms with Crippen molar-refractivity contribution in [3.05, 3.63) is 29.6 Å². The summed E-state index contributed by atoms with van der Waals surface area (Å²) >= 11 is 0. The van der Waals surface area contributed by atoms with Crippen LogP contribution < -0.4 is 4.72 Å². The predicted molar refractivity (Wildman–Crippen MR) is 78.7 cm³/mol. The van der Waals surface area contributed by atoms with Gasteiger partial charge in [-0.3, -0.25) is 0 Å². The zero-order chi connectivity index (χ0) is 15.5. The van der Waals surface area contributed by atoms with Gasteiger partial charge in [0, 0.05) is 6.54 Å². The largest absolute Gasteiger partial charge is 0.392 e. The van der Waals surface area contributed by atoms with Gasteiger partial charge in [0.05, 0.1) is 6.61 Å². The summed E-state index contributed by atoms with van der Waals surface area (Å²) in [6.45, 7) is 2.09. The summed E-state index contributed by atoms with van der Waals surface area (Å²) in [5.74, 6) is -0.795. The van der Waals surface area contributed by atoms with E-state index in [0.29, 0.717) is 12.1 Å². The molecule has 0 amide bonds. The topological polar surface area (TPSA) is 66.4 Å². The summed E-state index contributed by atoms with van der Waals surface area (Å²) in [5.41, 5.74) is 0.376. The number of halogens is 1. The minimum Gasteiger partial charge on any atom is -0.392 e. The molecule has 4 nitrogen and oxygen atoms in total. The second-order valence-electron chi connectivity index (χ2n) is 5.81. The van der Waals surface area contributed by atoms with Crippen LogP contribution in [0.3, 0.4) is 0 Å². The average molecular weight is 315 g/mol. The van der Waals surface area contributed by atoms with E-state index in [-0.39, 0.29) is 12.0 Å². The highest BCUT2D eigenvalue weighted by Gasteiger charge is 2.33. The molecule has 1 fully saturated rings. The quantitative estimate of drug-likeness (QED) is 0.848. The Bertz CT molecular complexity index is 595. The van der Waals surface area contributed by atoms with Gasteiger partial charge >= 0.3 is 0 Å². The lowest BCUT2D eigenvalue weighted by molar-refractivity contribution is 0.281. The maximum atomic E-state index is 13.8. The molecule has 0 atom stereocenters. The van der Waals surface area contributed by atoms with Crippen LogP contribution in [0.4, 0.5) is 4.39 Å². The first-order chi connectivity index (χ1) is 9.92. The molecule has 0 spiro atoms. The van der Waals surface area contributed by atoms with Crippen molar-refractivity contribution in [1.82, 2.24) is 4.72 Å². The Balaban J connectivity index is 2.18. The van der Waals surface area contributed by atoms with E-state index in [9.17, 15) is 12.8 Å². The van der Waals surface area contributed by atoms with E-state index in [4.69, 9.17) is 5.11 Å². The molecule has 0 saturated heterocycles. The monoisotopic (exact) mass is 315 g/mol. The summed E-state index contributed by atoms with van der Waals surface area (Å²) in [6, 6.07) is 3.63. The van der Waals surface area contributed by atoms with Crippen molar-refractivity contribution in [3.8, 4) is 0 Å². The van der Waals surface area contributed by atoms with E-state index in [1.54, 1.807) is 0 Å². The van der Waals surface area contributed by atoms with Crippen molar-refractivity contribution in [1.29, 1.82) is 0 Å². The fraction of sp³-hybridized carbons (Fsp3) is 0.600. The number of aliphatic hydroxyl groups is 1. The molecule has 0 bridgehead atoms. The Labute approximate surface area is 125 Å². The molecular formula is C15H22FNO3S. The fourth-order valence-electron chi connectivity index (χ4n) is 2.96. The zero-order valence-electron chi connectivity index (χ0n) is 12.2. The molecule has 0 unspecified atom stereocenters. The van der Waals surface area contributed by atoms with Crippen LogP contribution in [0, 0.1) is 11.2 Å². The number of benzene rings is 1. The second kappa shape index (κ2) is 6.42. The minimum absolute atomic E-state index is 0.00185. The Hall–Kier alpha value is -0.980. The minimum atomic E-state index is -3.90. The van der Waals surface area contributed by atoms with E-state index in [0.717, 1.165) is 38.2 Å². The molecule has 1 aromatic carbocycles. The lowest BCUT2D eigenvalue weighted by atomic mass is 9.84. The molecule has 6 heteroatoms. The van der Waals surface area contributed by atoms with Gasteiger partial charge in [0.25, 0.3) is 0 Å². The summed E-state index contributed by atoms with van der Waals surface area (Å²) in [4.78, 5) is -0.390. The van der Waals surface area contributed by atoms with Gasteiger partial charge in [-0.05, 0) is 42.4 Å². The lowest BCUT2D eigenvalue weighted by Gasteiger charge is -2.27. The molecule has 2 N–H and O–H groups in total. The molecule has 118 valence electrons. The Kier molecular flexibility index (Phi) is 5.01. The van der Waals surface area contributed by atoms with Crippen molar-refractivity contribution in [2.24, 2.45) is 5.41 Å². The first kappa shape index (κ1) is 16.4. The Morgan fingerprint density at radius 1 is 1.33 bits per heavy atom. The summed E-state index contributed by atoms with van der Waals surface area (Å²) in [6.07, 6.45) is 5.15. The van der Waals surface area contributed by atoms with Crippen molar-refractivity contribution >= 4 is 10.0 Å². The molecule has 1 aromatic rings. The maximum Gasteiger partial charge on any atom is 0.243 e. The number of sulfonamides is 1. The normalized spacial score (nSPS) is 18.0. The van der Waals surface area contributed by atoms with Crippen molar-refractivity contribution in [2.75, 3.05) is 6.54 Å². The van der Waals surface area contributed by atoms with E-state index >= 15 is 0 Å². The first-order valence-corrected chi connectivity index (χ1v) is 8.80. The van der Waals surface area contributed by atoms with Crippen molar-refractivity contribution in [2.45, 2.75) is 50.5 Å². The van der Waals surface area contributed by atoms with Crippen LogP contribution in [0.5, 0.6) is 0 Å². The van der Waals surface area contributed by atoms with Gasteiger partial charge in [0.1, 0.15) is 10.7 Å². The van der Waals surface area contributed by atoms with Crippen LogP contribution in [0.25, 0.3) is 0 Å². The molecule has 0 heterocycles. The van der Waals surface area contributed by atoms with Crippen LogP contribution in [0.2, 0.25) is 0 Å². The molecule has 1 saturated carbocycles. The zero-order valence-corrected chi connectivity index (χ0v) is 13.0. The smallest absolute Gasteiger partial charge is 0.243 e. The molecular weight excluding hydrogens is 293 g/mol. The van der Waals surface area contributed by atoms with Gasteiger partial charge < -0.3 is 5.11 Å². The Morgan fingerprint density at radius 2 is 2.00 bits per heavy atom. The number of hydrogen-bond donors (Lipinski definition) is 2. The lowest BCUT2D eigenvalue weighted by Crippen LogP contribution is -2.36. The Morgan fingerprint density at radius 3 is 2.57 bits per heavy atom. The van der Waals surface area contributed by atoms with Crippen molar-refractivity contribution in [3.63, 3.8) is 0 Å². The van der Waals surface area contributed by atoms with Gasteiger partial charge in [-0.15, -0.1) is 0 Å². The molecule has 1 aliphatic carbocycles. The van der Waals surface area contributed by atoms with Crippen LogP contribution in [0.15, 0.2) is 23.1 Å². The second-order valence-corrected chi connectivity index (χ2v) is 7.54. The SMILES string of the molecule is CCC1(CNS(=O)(=O)c2cc(CO)ccc2F)CCCC1. The molecule has 2 rings (SSSR count). The standard InChI is InChI=1S/C15H22FNO3S/c1-2-15(7-3-4-8-15)11-17-21(19,20)14-9-12(10-18)5-6-13(14)16/h5-6,9,17-18H,2-4,7-8,10-11H2,1H3. The fourth-order valence-corrected chi connectivity index (χ4v) is 4.24. The van der Waals surface area contributed by atoms with Gasteiger partial charge in [0.15, 0.2) is 0 Å². The van der Waals surface area contributed by atoms with Gasteiger partial charge in [-0.2, -0.15) is 0 Å². The molecule has 0 radical (unpaired) electrons. The van der Waals surface area contributed by atoms with Crippen LogP contribution in [-0.2, 0) is 16.6 Å². The third-order valence-corrected chi connectivity index (χ3v) is 5.94. The average Bonchev–Trinajstić information content (AvgIpc) is 2.95. The molecule has 0 aromatic heterocycles. The summed E-state index contributed by atoms with van der Waals surface area (Å²) in [7, 11) is -3.90. The van der Waals surface area contributed by atoms with Crippen LogP contribution >= 0.6 is 0 Å². The van der Waals surface area contributed by atoms with Gasteiger partial charge in [-0.25, -0.2) is 17.5 Å². The third kappa shape index (κ3) is 3.62. The van der Waals surface area contributed by atoms with Gasteiger partial charge in [-0.1, -0.05) is 25.8 Å². The molecule has 1 aliphatic rings. The molecule has 0 aliphatic heterocycles. The number of rotatable bonds is 6. The number of nitrogens with one attached hydrogen (secondary N) is 1. The van der Waals surface area contributed by atoms with E-state index in [1.807, 2.05) is 0 Å². The number of hydrogen-bond acceptors (Lipinski definition) is 3. The predicted octanol–water partition coefficient (Wildman–Crippen LogP) is 2.57. The van der Waals surface area contributed by atoms with Crippen molar-refractivity contribution < 1.29 is 17.9 Å². The third-order valence-electron chi connectivity index (χ3n) is 4.52. The van der Waals surface area contributed by atoms with E-state index < -0.39 is 20.7 Å². The summed E-state index contributed by atoms with van der Waals surface area (Å²) in [5, 5.41) is 9.06. The highest BCUT2D eigenvalue weighted by Crippen LogP contribution is 2.40. The van der Waals surface area contributed by atoms with Crippen LogP contribution in [-0.4, -0.2) is 20.1 Å². The first-order valence-electron chi connectivity index (χ1n) is 7.31.